The molecule has 0 aliphatic heterocycles. The Labute approximate surface area is 155 Å². The number of aromatic nitrogens is 3. The fraction of sp³-hybridized carbons (Fsp3) is 0.278. The fourth-order valence-electron chi connectivity index (χ4n) is 2.46. The maximum Gasteiger partial charge on any atom is 0.250 e. The molecule has 7 heteroatoms. The van der Waals surface area contributed by atoms with Crippen LogP contribution in [0.5, 0.6) is 0 Å². The van der Waals surface area contributed by atoms with Crippen molar-refractivity contribution in [1.82, 2.24) is 14.8 Å². The number of carbonyl (C=O) groups excluding carboxylic acids is 1. The van der Waals surface area contributed by atoms with Crippen LogP contribution in [0.4, 0.5) is 5.13 Å². The number of aryl methyl sites for hydroxylation is 1. The van der Waals surface area contributed by atoms with E-state index < -0.39 is 0 Å². The first-order chi connectivity index (χ1) is 11.9. The quantitative estimate of drug-likeness (QED) is 0.655. The molecule has 130 valence electrons. The van der Waals surface area contributed by atoms with E-state index in [0.29, 0.717) is 16.2 Å². The van der Waals surface area contributed by atoms with E-state index in [1.807, 2.05) is 31.2 Å². The predicted molar refractivity (Wildman–Crippen MR) is 104 cm³/mol. The van der Waals surface area contributed by atoms with E-state index in [1.54, 1.807) is 10.8 Å². The summed E-state index contributed by atoms with van der Waals surface area (Å²) in [4.78, 5) is 16.6. The average molecular weight is 375 g/mol. The first-order valence-corrected chi connectivity index (χ1v) is 9.21. The average Bonchev–Trinajstić information content (AvgIpc) is 3.06. The van der Waals surface area contributed by atoms with Crippen LogP contribution in [0.2, 0.25) is 5.15 Å². The van der Waals surface area contributed by atoms with Crippen LogP contribution in [0.25, 0.3) is 16.3 Å². The summed E-state index contributed by atoms with van der Waals surface area (Å²) in [6, 6.07) is 7.77. The molecule has 2 aromatic heterocycles. The lowest BCUT2D eigenvalue weighted by molar-refractivity contribution is -0.111. The van der Waals surface area contributed by atoms with Gasteiger partial charge in [-0.15, -0.1) is 0 Å². The molecule has 0 unspecified atom stereocenters. The Bertz CT molecular complexity index is 909. The highest BCUT2D eigenvalue weighted by molar-refractivity contribution is 7.22. The molecule has 1 aromatic carbocycles. The molecular weight excluding hydrogens is 356 g/mol. The zero-order valence-electron chi connectivity index (χ0n) is 14.3. The number of halogens is 1. The van der Waals surface area contributed by atoms with Gasteiger partial charge in [-0.3, -0.25) is 14.8 Å². The number of para-hydroxylation sites is 1. The third kappa shape index (κ3) is 4.08. The molecule has 3 aromatic rings. The highest BCUT2D eigenvalue weighted by atomic mass is 35.5. The summed E-state index contributed by atoms with van der Waals surface area (Å²) in [5, 5.41) is 8.35. The molecular formula is C18H19ClN4OS. The number of rotatable bonds is 5. The Morgan fingerprint density at radius 3 is 2.88 bits per heavy atom. The lowest BCUT2D eigenvalue weighted by Crippen LogP contribution is -2.07. The molecule has 0 saturated carbocycles. The van der Waals surface area contributed by atoms with Crippen molar-refractivity contribution in [2.45, 2.75) is 27.3 Å². The smallest absolute Gasteiger partial charge is 0.250 e. The SMILES string of the molecule is Cc1nn(CC(C)C)c(Cl)c1/C=C/C(=O)Nc1nc2ccccc2s1. The molecule has 0 atom stereocenters. The minimum atomic E-state index is -0.244. The Morgan fingerprint density at radius 2 is 2.16 bits per heavy atom. The number of hydrogen-bond acceptors (Lipinski definition) is 4. The van der Waals surface area contributed by atoms with E-state index in [4.69, 9.17) is 11.6 Å². The molecule has 1 amide bonds. The van der Waals surface area contributed by atoms with Gasteiger partial charge in [0.25, 0.3) is 0 Å². The molecule has 0 saturated heterocycles. The second kappa shape index (κ2) is 7.37. The second-order valence-corrected chi connectivity index (χ2v) is 7.56. The standard InChI is InChI=1S/C18H19ClN4OS/c1-11(2)10-23-17(19)13(12(3)22-23)8-9-16(24)21-18-20-14-6-4-5-7-15(14)25-18/h4-9,11H,10H2,1-3H3,(H,20,21,24)/b9-8+. The van der Waals surface area contributed by atoms with Gasteiger partial charge in [-0.2, -0.15) is 5.10 Å². The number of thiazole rings is 1. The Morgan fingerprint density at radius 1 is 1.40 bits per heavy atom. The molecule has 0 aliphatic rings. The van der Waals surface area contributed by atoms with Crippen LogP contribution in [0, 0.1) is 12.8 Å². The normalized spacial score (nSPS) is 11.7. The van der Waals surface area contributed by atoms with Crippen molar-refractivity contribution in [2.75, 3.05) is 5.32 Å². The maximum absolute atomic E-state index is 12.2. The first-order valence-electron chi connectivity index (χ1n) is 8.01. The third-order valence-electron chi connectivity index (χ3n) is 3.57. The van der Waals surface area contributed by atoms with E-state index in [9.17, 15) is 4.79 Å². The van der Waals surface area contributed by atoms with Crippen LogP contribution in [0.3, 0.4) is 0 Å². The molecule has 0 bridgehead atoms. The number of nitrogens with zero attached hydrogens (tertiary/aromatic N) is 3. The highest BCUT2D eigenvalue weighted by Gasteiger charge is 2.12. The summed E-state index contributed by atoms with van der Waals surface area (Å²) in [5.41, 5.74) is 2.44. The molecule has 5 nitrogen and oxygen atoms in total. The molecule has 0 aliphatic carbocycles. The van der Waals surface area contributed by atoms with Gasteiger partial charge in [0.1, 0.15) is 5.15 Å². The van der Waals surface area contributed by atoms with Gasteiger partial charge >= 0.3 is 0 Å². The molecule has 3 rings (SSSR count). The van der Waals surface area contributed by atoms with E-state index in [-0.39, 0.29) is 5.91 Å². The van der Waals surface area contributed by atoms with Crippen LogP contribution in [-0.4, -0.2) is 20.7 Å². The number of nitrogens with one attached hydrogen (secondary N) is 1. The van der Waals surface area contributed by atoms with Crippen molar-refractivity contribution in [3.05, 3.63) is 46.8 Å². The van der Waals surface area contributed by atoms with Crippen molar-refractivity contribution in [1.29, 1.82) is 0 Å². The van der Waals surface area contributed by atoms with E-state index in [0.717, 1.165) is 28.0 Å². The molecule has 0 fully saturated rings. The van der Waals surface area contributed by atoms with Gasteiger partial charge in [0.15, 0.2) is 5.13 Å². The van der Waals surface area contributed by atoms with Gasteiger partial charge in [-0.25, -0.2) is 4.98 Å². The summed E-state index contributed by atoms with van der Waals surface area (Å²) in [7, 11) is 0. The van der Waals surface area contributed by atoms with Crippen molar-refractivity contribution < 1.29 is 4.79 Å². The van der Waals surface area contributed by atoms with Crippen molar-refractivity contribution in [3.63, 3.8) is 0 Å². The summed E-state index contributed by atoms with van der Waals surface area (Å²) >= 11 is 7.82. The van der Waals surface area contributed by atoms with Crippen LogP contribution in [-0.2, 0) is 11.3 Å². The van der Waals surface area contributed by atoms with Gasteiger partial charge in [0.2, 0.25) is 5.91 Å². The van der Waals surface area contributed by atoms with Gasteiger partial charge < -0.3 is 0 Å². The lowest BCUT2D eigenvalue weighted by atomic mass is 10.2. The zero-order valence-corrected chi connectivity index (χ0v) is 15.9. The Kier molecular flexibility index (Phi) is 5.20. The maximum atomic E-state index is 12.2. The number of hydrogen-bond donors (Lipinski definition) is 1. The van der Waals surface area contributed by atoms with Crippen LogP contribution >= 0.6 is 22.9 Å². The monoisotopic (exact) mass is 374 g/mol. The van der Waals surface area contributed by atoms with Crippen LogP contribution < -0.4 is 5.32 Å². The minimum absolute atomic E-state index is 0.244. The predicted octanol–water partition coefficient (Wildman–Crippen LogP) is 4.76. The highest BCUT2D eigenvalue weighted by Crippen LogP contribution is 2.26. The number of benzene rings is 1. The summed E-state index contributed by atoms with van der Waals surface area (Å²) in [5.74, 6) is 0.196. The van der Waals surface area contributed by atoms with Gasteiger partial charge in [-0.1, -0.05) is 48.9 Å². The van der Waals surface area contributed by atoms with Crippen molar-refractivity contribution >= 4 is 50.3 Å². The fourth-order valence-corrected chi connectivity index (χ4v) is 3.63. The second-order valence-electron chi connectivity index (χ2n) is 6.18. The summed E-state index contributed by atoms with van der Waals surface area (Å²) in [6.45, 7) is 6.84. The van der Waals surface area contributed by atoms with E-state index in [2.05, 4.69) is 29.2 Å². The topological polar surface area (TPSA) is 59.8 Å². The third-order valence-corrected chi connectivity index (χ3v) is 4.92. The van der Waals surface area contributed by atoms with Crippen LogP contribution in [0.15, 0.2) is 30.3 Å². The van der Waals surface area contributed by atoms with E-state index >= 15 is 0 Å². The molecule has 25 heavy (non-hydrogen) atoms. The number of anilines is 1. The Hall–Kier alpha value is -2.18. The molecule has 1 N–H and O–H groups in total. The molecule has 2 heterocycles. The van der Waals surface area contributed by atoms with Gasteiger partial charge in [0.05, 0.1) is 15.9 Å². The summed E-state index contributed by atoms with van der Waals surface area (Å²) < 4.78 is 2.81. The van der Waals surface area contributed by atoms with Gasteiger partial charge in [-0.05, 0) is 31.1 Å². The molecule has 0 spiro atoms. The van der Waals surface area contributed by atoms with Crippen molar-refractivity contribution in [2.24, 2.45) is 5.92 Å². The zero-order chi connectivity index (χ0) is 18.0. The lowest BCUT2D eigenvalue weighted by Gasteiger charge is -2.05. The van der Waals surface area contributed by atoms with Crippen LogP contribution in [0.1, 0.15) is 25.1 Å². The number of carbonyl (C=O) groups is 1. The number of amides is 1. The largest absolute Gasteiger partial charge is 0.298 e. The van der Waals surface area contributed by atoms with Crippen molar-refractivity contribution in [3.8, 4) is 0 Å². The first kappa shape index (κ1) is 17.6. The summed E-state index contributed by atoms with van der Waals surface area (Å²) in [6.07, 6.45) is 3.16. The Balaban J connectivity index is 1.73. The number of fused-ring (bicyclic) bond motifs is 1. The molecule has 0 radical (unpaired) electrons. The minimum Gasteiger partial charge on any atom is -0.298 e. The van der Waals surface area contributed by atoms with E-state index in [1.165, 1.54) is 17.4 Å². The van der Waals surface area contributed by atoms with Gasteiger partial charge in [0, 0.05) is 18.2 Å².